The Labute approximate surface area is 172 Å². The molecule has 0 aliphatic carbocycles. The van der Waals surface area contributed by atoms with Gasteiger partial charge in [-0.1, -0.05) is 18.2 Å². The van der Waals surface area contributed by atoms with E-state index in [1.54, 1.807) is 17.4 Å². The molecule has 1 aliphatic heterocycles. The minimum atomic E-state index is -0.247. The van der Waals surface area contributed by atoms with E-state index in [0.717, 1.165) is 54.3 Å². The van der Waals surface area contributed by atoms with Crippen molar-refractivity contribution in [2.75, 3.05) is 18.4 Å². The molecule has 0 spiro atoms. The highest BCUT2D eigenvalue weighted by atomic mass is 32.1. The average Bonchev–Trinajstić information content (AvgIpc) is 3.40. The molecule has 7 nitrogen and oxygen atoms in total. The van der Waals surface area contributed by atoms with Crippen LogP contribution in [0.25, 0.3) is 10.6 Å². The van der Waals surface area contributed by atoms with Crippen molar-refractivity contribution in [2.45, 2.75) is 19.4 Å². The third-order valence-corrected chi connectivity index (χ3v) is 6.08. The van der Waals surface area contributed by atoms with Crippen LogP contribution in [0.1, 0.15) is 28.9 Å². The van der Waals surface area contributed by atoms with Gasteiger partial charge in [-0.15, -0.1) is 11.3 Å². The number of likely N-dealkylation sites (tertiary alicyclic amines) is 1. The number of rotatable bonds is 6. The lowest BCUT2D eigenvalue weighted by Gasteiger charge is -2.30. The number of nitrogens with zero attached hydrogens (tertiary/aromatic N) is 2. The second kappa shape index (κ2) is 8.59. The molecule has 0 atom stereocenters. The monoisotopic (exact) mass is 409 g/mol. The van der Waals surface area contributed by atoms with E-state index in [1.165, 1.54) is 0 Å². The number of hydrogen-bond acceptors (Lipinski definition) is 5. The van der Waals surface area contributed by atoms with Gasteiger partial charge in [0, 0.05) is 18.2 Å². The number of piperidine rings is 1. The average molecular weight is 410 g/mol. The normalized spacial score (nSPS) is 15.3. The molecule has 29 heavy (non-hydrogen) atoms. The van der Waals surface area contributed by atoms with Crippen LogP contribution < -0.4 is 11.1 Å². The molecule has 1 aromatic carbocycles. The molecule has 2 amide bonds. The maximum atomic E-state index is 12.6. The summed E-state index contributed by atoms with van der Waals surface area (Å²) in [6.07, 6.45) is 1.61. The topological polar surface area (TPSA) is 104 Å². The number of nitrogens with one attached hydrogen (secondary N) is 2. The Morgan fingerprint density at radius 2 is 2.03 bits per heavy atom. The Kier molecular flexibility index (Phi) is 5.73. The highest BCUT2D eigenvalue weighted by molar-refractivity contribution is 7.13. The van der Waals surface area contributed by atoms with E-state index in [9.17, 15) is 9.59 Å². The first-order valence-corrected chi connectivity index (χ1v) is 10.5. The second-order valence-electron chi connectivity index (χ2n) is 7.25. The largest absolute Gasteiger partial charge is 0.369 e. The number of aromatic amines is 1. The predicted octanol–water partition coefficient (Wildman–Crippen LogP) is 3.09. The number of anilines is 1. The van der Waals surface area contributed by atoms with Crippen LogP contribution in [0.3, 0.4) is 0 Å². The molecule has 4 rings (SSSR count). The smallest absolute Gasteiger partial charge is 0.276 e. The Hall–Kier alpha value is -2.97. The van der Waals surface area contributed by atoms with Gasteiger partial charge in [0.1, 0.15) is 0 Å². The fourth-order valence-electron chi connectivity index (χ4n) is 3.57. The SMILES string of the molecule is NC(=O)C1CCN(Cc2cccc(NC(=O)c3cc(-c4cccs4)[nH]n3)c2)CC1. The molecule has 1 saturated heterocycles. The van der Waals surface area contributed by atoms with Gasteiger partial charge >= 0.3 is 0 Å². The summed E-state index contributed by atoms with van der Waals surface area (Å²) in [6.45, 7) is 2.48. The zero-order valence-electron chi connectivity index (χ0n) is 15.9. The molecular weight excluding hydrogens is 386 g/mol. The molecule has 1 fully saturated rings. The molecule has 1 aliphatic rings. The Balaban J connectivity index is 1.36. The zero-order chi connectivity index (χ0) is 20.2. The van der Waals surface area contributed by atoms with E-state index < -0.39 is 0 Å². The van der Waals surface area contributed by atoms with Crippen LogP contribution in [-0.4, -0.2) is 40.0 Å². The number of carbonyl (C=O) groups excluding carboxylic acids is 2. The minimum Gasteiger partial charge on any atom is -0.369 e. The maximum absolute atomic E-state index is 12.6. The van der Waals surface area contributed by atoms with Crippen molar-refractivity contribution in [3.8, 4) is 10.6 Å². The Bertz CT molecular complexity index is 990. The molecule has 8 heteroatoms. The first-order chi connectivity index (χ1) is 14.1. The number of H-pyrrole nitrogens is 1. The van der Waals surface area contributed by atoms with Crippen LogP contribution in [-0.2, 0) is 11.3 Å². The lowest BCUT2D eigenvalue weighted by molar-refractivity contribution is -0.123. The van der Waals surface area contributed by atoms with Gasteiger partial charge < -0.3 is 11.1 Å². The summed E-state index contributed by atoms with van der Waals surface area (Å²) in [5.41, 5.74) is 8.44. The summed E-state index contributed by atoms with van der Waals surface area (Å²) in [7, 11) is 0. The van der Waals surface area contributed by atoms with Crippen LogP contribution in [0.15, 0.2) is 47.8 Å². The first-order valence-electron chi connectivity index (χ1n) is 9.60. The van der Waals surface area contributed by atoms with Gasteiger partial charge in [0.25, 0.3) is 5.91 Å². The van der Waals surface area contributed by atoms with E-state index in [4.69, 9.17) is 5.73 Å². The summed E-state index contributed by atoms with van der Waals surface area (Å²) < 4.78 is 0. The minimum absolute atomic E-state index is 0.00945. The van der Waals surface area contributed by atoms with E-state index in [2.05, 4.69) is 20.4 Å². The number of aromatic nitrogens is 2. The van der Waals surface area contributed by atoms with E-state index in [0.29, 0.717) is 5.69 Å². The van der Waals surface area contributed by atoms with Crippen molar-refractivity contribution in [3.05, 3.63) is 59.1 Å². The second-order valence-corrected chi connectivity index (χ2v) is 8.20. The number of primary amides is 1. The molecule has 0 bridgehead atoms. The molecule has 3 heterocycles. The molecule has 0 saturated carbocycles. The van der Waals surface area contributed by atoms with Crippen LogP contribution >= 0.6 is 11.3 Å². The van der Waals surface area contributed by atoms with Crippen molar-refractivity contribution >= 4 is 28.8 Å². The number of amides is 2. The van der Waals surface area contributed by atoms with Crippen LogP contribution in [0.5, 0.6) is 0 Å². The number of carbonyl (C=O) groups is 2. The van der Waals surface area contributed by atoms with Crippen molar-refractivity contribution in [1.82, 2.24) is 15.1 Å². The summed E-state index contributed by atoms with van der Waals surface area (Å²) >= 11 is 1.59. The fraction of sp³-hybridized carbons (Fsp3) is 0.286. The summed E-state index contributed by atoms with van der Waals surface area (Å²) in [5.74, 6) is -0.455. The molecule has 3 aromatic rings. The van der Waals surface area contributed by atoms with Crippen LogP contribution in [0.4, 0.5) is 5.69 Å². The molecular formula is C21H23N5O2S. The number of benzene rings is 1. The Morgan fingerprint density at radius 1 is 1.21 bits per heavy atom. The van der Waals surface area contributed by atoms with Crippen LogP contribution in [0.2, 0.25) is 0 Å². The Morgan fingerprint density at radius 3 is 2.76 bits per heavy atom. The van der Waals surface area contributed by atoms with Gasteiger partial charge in [-0.05, 0) is 61.1 Å². The maximum Gasteiger partial charge on any atom is 0.276 e. The van der Waals surface area contributed by atoms with Crippen molar-refractivity contribution in [2.24, 2.45) is 11.7 Å². The number of nitrogens with two attached hydrogens (primary N) is 1. The predicted molar refractivity (Wildman–Crippen MR) is 113 cm³/mol. The van der Waals surface area contributed by atoms with Gasteiger partial charge in [-0.3, -0.25) is 19.6 Å². The van der Waals surface area contributed by atoms with Gasteiger partial charge in [-0.2, -0.15) is 5.10 Å². The third-order valence-electron chi connectivity index (χ3n) is 5.18. The lowest BCUT2D eigenvalue weighted by Crippen LogP contribution is -2.38. The highest BCUT2D eigenvalue weighted by Gasteiger charge is 2.23. The van der Waals surface area contributed by atoms with E-state index in [1.807, 2.05) is 41.8 Å². The standard InChI is InChI=1S/C21H23N5O2S/c22-20(27)15-6-8-26(9-7-15)13-14-3-1-4-16(11-14)23-21(28)18-12-17(24-25-18)19-5-2-10-29-19/h1-5,10-12,15H,6-9,13H2,(H2,22,27)(H,23,28)(H,24,25). The van der Waals surface area contributed by atoms with Crippen molar-refractivity contribution in [3.63, 3.8) is 0 Å². The van der Waals surface area contributed by atoms with Gasteiger partial charge in [0.2, 0.25) is 5.91 Å². The van der Waals surface area contributed by atoms with Gasteiger partial charge in [0.05, 0.1) is 10.6 Å². The molecule has 0 radical (unpaired) electrons. The third kappa shape index (κ3) is 4.72. The van der Waals surface area contributed by atoms with Crippen LogP contribution in [0, 0.1) is 5.92 Å². The lowest BCUT2D eigenvalue weighted by atomic mass is 9.96. The summed E-state index contributed by atoms with van der Waals surface area (Å²) in [4.78, 5) is 27.2. The summed E-state index contributed by atoms with van der Waals surface area (Å²) in [5, 5.41) is 11.9. The van der Waals surface area contributed by atoms with Crippen molar-refractivity contribution < 1.29 is 9.59 Å². The fourth-order valence-corrected chi connectivity index (χ4v) is 4.26. The van der Waals surface area contributed by atoms with Crippen molar-refractivity contribution in [1.29, 1.82) is 0 Å². The van der Waals surface area contributed by atoms with Gasteiger partial charge in [-0.25, -0.2) is 0 Å². The quantitative estimate of drug-likeness (QED) is 0.582. The first kappa shape index (κ1) is 19.4. The zero-order valence-corrected chi connectivity index (χ0v) is 16.7. The van der Waals surface area contributed by atoms with E-state index in [-0.39, 0.29) is 17.7 Å². The van der Waals surface area contributed by atoms with Gasteiger partial charge in [0.15, 0.2) is 5.69 Å². The number of thiophene rings is 1. The number of hydrogen-bond donors (Lipinski definition) is 3. The molecule has 2 aromatic heterocycles. The summed E-state index contributed by atoms with van der Waals surface area (Å²) in [6, 6.07) is 13.5. The molecule has 0 unspecified atom stereocenters. The highest BCUT2D eigenvalue weighted by Crippen LogP contribution is 2.24. The molecule has 150 valence electrons. The molecule has 4 N–H and O–H groups in total. The van der Waals surface area contributed by atoms with E-state index >= 15 is 0 Å².